The van der Waals surface area contributed by atoms with E-state index in [0.29, 0.717) is 0 Å². The van der Waals surface area contributed by atoms with Gasteiger partial charge in [0.25, 0.3) is 5.69 Å². The summed E-state index contributed by atoms with van der Waals surface area (Å²) in [6.45, 7) is 0. The number of hydrogen-bond acceptors (Lipinski definition) is 5. The van der Waals surface area contributed by atoms with Crippen molar-refractivity contribution in [3.63, 3.8) is 0 Å². The van der Waals surface area contributed by atoms with E-state index in [0.717, 1.165) is 11.3 Å². The number of hydrogen-bond donors (Lipinski definition) is 3. The Morgan fingerprint density at radius 2 is 1.74 bits per heavy atom. The zero-order chi connectivity index (χ0) is 14.5. The molecule has 0 radical (unpaired) electrons. The highest BCUT2D eigenvalue weighted by Gasteiger charge is 2.05. The summed E-state index contributed by atoms with van der Waals surface area (Å²) in [6.07, 6.45) is 3.23. The molecule has 2 aromatic rings. The lowest BCUT2D eigenvalue weighted by Gasteiger charge is -1.95. The molecule has 0 saturated heterocycles. The van der Waals surface area contributed by atoms with Crippen molar-refractivity contribution in [1.82, 2.24) is 9.97 Å². The van der Waals surface area contributed by atoms with Gasteiger partial charge in [0.1, 0.15) is 0 Å². The van der Waals surface area contributed by atoms with Crippen LogP contribution in [0.5, 0.6) is 0 Å². The molecule has 0 bridgehead atoms. The number of aromatic nitrogens is 2. The van der Waals surface area contributed by atoms with Crippen molar-refractivity contribution in [3.05, 3.63) is 46.9 Å². The average molecular weight is 287 g/mol. The summed E-state index contributed by atoms with van der Waals surface area (Å²) < 4.78 is 31.6. The van der Waals surface area contributed by atoms with E-state index in [2.05, 4.69) is 9.97 Å². The lowest BCUT2D eigenvalue weighted by molar-refractivity contribution is -0.384. The molecule has 19 heavy (non-hydrogen) atoms. The predicted octanol–water partition coefficient (Wildman–Crippen LogP) is 1.33. The van der Waals surface area contributed by atoms with Crippen molar-refractivity contribution in [1.29, 1.82) is 0 Å². The Labute approximate surface area is 107 Å². The Hall–Kier alpha value is -2.30. The van der Waals surface area contributed by atoms with Gasteiger partial charge in [-0.1, -0.05) is 0 Å². The minimum absolute atomic E-state index is 0.0910. The molecule has 1 heterocycles. The third kappa shape index (κ3) is 5.72. The van der Waals surface area contributed by atoms with Gasteiger partial charge in [-0.2, -0.15) is 8.42 Å². The molecule has 0 atom stereocenters. The van der Waals surface area contributed by atoms with Crippen LogP contribution in [0.15, 0.2) is 36.8 Å². The predicted molar refractivity (Wildman–Crippen MR) is 64.9 cm³/mol. The average Bonchev–Trinajstić information content (AvgIpc) is 2.80. The third-order valence-electron chi connectivity index (χ3n) is 1.89. The van der Waals surface area contributed by atoms with Gasteiger partial charge >= 0.3 is 10.4 Å². The van der Waals surface area contributed by atoms with Crippen molar-refractivity contribution in [3.8, 4) is 11.3 Å². The summed E-state index contributed by atoms with van der Waals surface area (Å²) in [5.74, 6) is 0. The number of non-ortho nitro benzene ring substituents is 1. The van der Waals surface area contributed by atoms with Crippen LogP contribution >= 0.6 is 0 Å². The smallest absolute Gasteiger partial charge is 0.345 e. The van der Waals surface area contributed by atoms with Crippen LogP contribution in [0.2, 0.25) is 0 Å². The number of aromatic amines is 1. The lowest BCUT2D eigenvalue weighted by atomic mass is 10.1. The first-order valence-corrected chi connectivity index (χ1v) is 6.10. The molecule has 0 aliphatic rings. The summed E-state index contributed by atoms with van der Waals surface area (Å²) in [6, 6.07) is 6.31. The molecule has 10 heteroatoms. The van der Waals surface area contributed by atoms with Crippen LogP contribution in [0.25, 0.3) is 11.3 Å². The van der Waals surface area contributed by atoms with E-state index in [1.807, 2.05) is 0 Å². The van der Waals surface area contributed by atoms with Gasteiger partial charge in [-0.25, -0.2) is 4.98 Å². The molecule has 102 valence electrons. The molecule has 0 unspecified atom stereocenters. The molecule has 0 aliphatic carbocycles. The van der Waals surface area contributed by atoms with Crippen molar-refractivity contribution in [2.24, 2.45) is 0 Å². The van der Waals surface area contributed by atoms with Crippen LogP contribution in [0.4, 0.5) is 5.69 Å². The molecular formula is C9H9N3O6S. The van der Waals surface area contributed by atoms with Crippen molar-refractivity contribution in [2.45, 2.75) is 0 Å². The van der Waals surface area contributed by atoms with Crippen molar-refractivity contribution >= 4 is 16.1 Å². The van der Waals surface area contributed by atoms with Gasteiger partial charge in [-0.05, 0) is 12.1 Å². The van der Waals surface area contributed by atoms with Crippen molar-refractivity contribution < 1.29 is 22.4 Å². The summed E-state index contributed by atoms with van der Waals surface area (Å²) >= 11 is 0. The molecular weight excluding hydrogens is 278 g/mol. The van der Waals surface area contributed by atoms with E-state index in [1.165, 1.54) is 12.1 Å². The molecule has 1 aromatic carbocycles. The first kappa shape index (κ1) is 14.8. The van der Waals surface area contributed by atoms with E-state index >= 15 is 0 Å². The molecule has 9 nitrogen and oxygen atoms in total. The summed E-state index contributed by atoms with van der Waals surface area (Å²) in [7, 11) is -4.67. The number of nitro benzene ring substituents is 1. The Morgan fingerprint density at radius 1 is 1.21 bits per heavy atom. The van der Waals surface area contributed by atoms with Crippen LogP contribution in [-0.4, -0.2) is 32.4 Å². The number of H-pyrrole nitrogens is 1. The molecule has 0 saturated carbocycles. The first-order chi connectivity index (χ1) is 8.77. The summed E-state index contributed by atoms with van der Waals surface area (Å²) in [5, 5.41) is 10.4. The van der Waals surface area contributed by atoms with Gasteiger partial charge in [0.15, 0.2) is 0 Å². The number of imidazole rings is 1. The van der Waals surface area contributed by atoms with Gasteiger partial charge < -0.3 is 4.98 Å². The molecule has 3 N–H and O–H groups in total. The molecule has 2 rings (SSSR count). The zero-order valence-corrected chi connectivity index (χ0v) is 10.1. The van der Waals surface area contributed by atoms with Crippen LogP contribution in [0.3, 0.4) is 0 Å². The molecule has 0 amide bonds. The zero-order valence-electron chi connectivity index (χ0n) is 9.29. The van der Waals surface area contributed by atoms with E-state index < -0.39 is 15.3 Å². The Bertz CT molecular complexity index is 627. The number of nitrogens with one attached hydrogen (secondary N) is 1. The molecule has 0 fully saturated rings. The maximum absolute atomic E-state index is 10.4. The number of benzene rings is 1. The maximum atomic E-state index is 10.4. The fourth-order valence-corrected chi connectivity index (χ4v) is 1.18. The van der Waals surface area contributed by atoms with Gasteiger partial charge in [0.05, 0.1) is 23.1 Å². The summed E-state index contributed by atoms with van der Waals surface area (Å²) in [5.41, 5.74) is 1.82. The second-order valence-electron chi connectivity index (χ2n) is 3.22. The van der Waals surface area contributed by atoms with Gasteiger partial charge in [-0.15, -0.1) is 0 Å². The maximum Gasteiger partial charge on any atom is 0.394 e. The SMILES string of the molecule is O=S(=O)(O)O.O=[N+]([O-])c1ccc(-c2cnc[nH]2)cc1. The quantitative estimate of drug-likeness (QED) is 0.429. The van der Waals surface area contributed by atoms with Gasteiger partial charge in [0.2, 0.25) is 0 Å². The second-order valence-corrected chi connectivity index (χ2v) is 4.11. The van der Waals surface area contributed by atoms with Gasteiger partial charge in [0, 0.05) is 17.7 Å². The van der Waals surface area contributed by atoms with E-state index in [9.17, 15) is 10.1 Å². The standard InChI is InChI=1S/C9H7N3O2.H2O4S/c13-12(14)8-3-1-7(2-4-8)9-5-10-6-11-9;1-5(2,3)4/h1-6H,(H,10,11);(H2,1,2,3,4). The lowest BCUT2D eigenvalue weighted by Crippen LogP contribution is -1.89. The minimum Gasteiger partial charge on any atom is -0.345 e. The highest BCUT2D eigenvalue weighted by atomic mass is 32.3. The Kier molecular flexibility index (Phi) is 4.69. The first-order valence-electron chi connectivity index (χ1n) is 4.70. The number of nitrogens with zero attached hydrogens (tertiary/aromatic N) is 2. The van der Waals surface area contributed by atoms with Crippen LogP contribution in [-0.2, 0) is 10.4 Å². The largest absolute Gasteiger partial charge is 0.394 e. The monoisotopic (exact) mass is 287 g/mol. The fourth-order valence-electron chi connectivity index (χ4n) is 1.18. The topological polar surface area (TPSA) is 146 Å². The molecule has 0 spiro atoms. The highest BCUT2D eigenvalue weighted by molar-refractivity contribution is 7.79. The fraction of sp³-hybridized carbons (Fsp3) is 0. The number of rotatable bonds is 2. The highest BCUT2D eigenvalue weighted by Crippen LogP contribution is 2.19. The van der Waals surface area contributed by atoms with E-state index in [-0.39, 0.29) is 5.69 Å². The van der Waals surface area contributed by atoms with E-state index in [1.54, 1.807) is 24.7 Å². The number of nitro groups is 1. The van der Waals surface area contributed by atoms with Crippen LogP contribution in [0.1, 0.15) is 0 Å². The minimum atomic E-state index is -4.67. The van der Waals surface area contributed by atoms with Crippen LogP contribution < -0.4 is 0 Å². The summed E-state index contributed by atoms with van der Waals surface area (Å²) in [4.78, 5) is 16.8. The Balaban J connectivity index is 0.000000312. The van der Waals surface area contributed by atoms with Crippen LogP contribution in [0, 0.1) is 10.1 Å². The molecule has 0 aliphatic heterocycles. The third-order valence-corrected chi connectivity index (χ3v) is 1.89. The molecule has 1 aromatic heterocycles. The Morgan fingerprint density at radius 3 is 2.11 bits per heavy atom. The second kappa shape index (κ2) is 6.04. The normalized spacial score (nSPS) is 10.4. The van der Waals surface area contributed by atoms with Gasteiger partial charge in [-0.3, -0.25) is 19.2 Å². The van der Waals surface area contributed by atoms with Crippen molar-refractivity contribution in [2.75, 3.05) is 0 Å². The van der Waals surface area contributed by atoms with E-state index in [4.69, 9.17) is 17.5 Å².